The van der Waals surface area contributed by atoms with Gasteiger partial charge in [0.2, 0.25) is 0 Å². The Bertz CT molecular complexity index is 1260. The van der Waals surface area contributed by atoms with Gasteiger partial charge < -0.3 is 9.47 Å². The highest BCUT2D eigenvalue weighted by molar-refractivity contribution is 7.99. The van der Waals surface area contributed by atoms with Crippen molar-refractivity contribution in [2.24, 2.45) is 0 Å². The first-order chi connectivity index (χ1) is 16.1. The quantitative estimate of drug-likeness (QED) is 0.152. The highest BCUT2D eigenvalue weighted by Gasteiger charge is 2.19. The molecule has 2 aromatic heterocycles. The lowest BCUT2D eigenvalue weighted by molar-refractivity contribution is 0.340. The summed E-state index contributed by atoms with van der Waals surface area (Å²) in [6, 6.07) is 17.4. The largest absolute Gasteiger partial charge is 0.494 e. The smallest absolute Gasteiger partial charge is 0.267 e. The van der Waals surface area contributed by atoms with Crippen LogP contribution in [0, 0.1) is 6.92 Å². The molecule has 4 rings (SSSR count). The summed E-state index contributed by atoms with van der Waals surface area (Å²) >= 11 is 3.17. The first-order valence-electron chi connectivity index (χ1n) is 11.2. The van der Waals surface area contributed by atoms with Gasteiger partial charge in [0, 0.05) is 10.6 Å². The van der Waals surface area contributed by atoms with Crippen molar-refractivity contribution in [2.75, 3.05) is 19.0 Å². The van der Waals surface area contributed by atoms with Gasteiger partial charge >= 0.3 is 0 Å². The van der Waals surface area contributed by atoms with Crippen LogP contribution in [0.5, 0.6) is 11.5 Å². The van der Waals surface area contributed by atoms with E-state index in [4.69, 9.17) is 14.5 Å². The summed E-state index contributed by atoms with van der Waals surface area (Å²) in [7, 11) is 0. The third-order valence-corrected chi connectivity index (χ3v) is 7.39. The molecule has 0 amide bonds. The summed E-state index contributed by atoms with van der Waals surface area (Å²) < 4.78 is 13.1. The molecule has 0 saturated heterocycles. The van der Waals surface area contributed by atoms with Crippen LogP contribution in [-0.2, 0) is 6.42 Å². The van der Waals surface area contributed by atoms with E-state index in [0.29, 0.717) is 24.1 Å². The average Bonchev–Trinajstić information content (AvgIpc) is 3.14. The van der Waals surface area contributed by atoms with Gasteiger partial charge in [0.25, 0.3) is 5.56 Å². The molecule has 2 aromatic carbocycles. The van der Waals surface area contributed by atoms with Gasteiger partial charge in [0.05, 0.1) is 24.3 Å². The zero-order valence-electron chi connectivity index (χ0n) is 19.2. The number of benzene rings is 2. The Labute approximate surface area is 202 Å². The van der Waals surface area contributed by atoms with Crippen molar-refractivity contribution in [2.45, 2.75) is 38.8 Å². The van der Waals surface area contributed by atoms with Gasteiger partial charge in [-0.25, -0.2) is 4.98 Å². The number of fused-ring (bicyclic) bond motifs is 1. The number of thioether (sulfide) groups is 1. The van der Waals surface area contributed by atoms with Crippen LogP contribution in [0.4, 0.5) is 0 Å². The van der Waals surface area contributed by atoms with Crippen LogP contribution in [0.2, 0.25) is 0 Å². The molecule has 4 aromatic rings. The molecule has 2 heterocycles. The van der Waals surface area contributed by atoms with Crippen molar-refractivity contribution in [1.82, 2.24) is 9.55 Å². The van der Waals surface area contributed by atoms with Gasteiger partial charge in [-0.1, -0.05) is 43.3 Å². The van der Waals surface area contributed by atoms with Gasteiger partial charge in [-0.05, 0) is 62.2 Å². The SMILES string of the molecule is CCCc1sc2nc(SCCOc3ccccc3)n(-c3ccc(OCC)cc3)c(=O)c2c1C. The zero-order valence-corrected chi connectivity index (χ0v) is 20.8. The predicted octanol–water partition coefficient (Wildman–Crippen LogP) is 6.28. The number of nitrogens with zero attached hydrogens (tertiary/aromatic N) is 2. The number of rotatable bonds is 10. The van der Waals surface area contributed by atoms with E-state index in [-0.39, 0.29) is 5.56 Å². The Morgan fingerprint density at radius 1 is 1.00 bits per heavy atom. The van der Waals surface area contributed by atoms with E-state index in [1.807, 2.05) is 68.4 Å². The molecule has 172 valence electrons. The first-order valence-corrected chi connectivity index (χ1v) is 13.0. The first kappa shape index (κ1) is 23.4. The van der Waals surface area contributed by atoms with Crippen LogP contribution in [0.15, 0.2) is 64.5 Å². The van der Waals surface area contributed by atoms with E-state index in [9.17, 15) is 4.79 Å². The number of hydrogen-bond donors (Lipinski definition) is 0. The number of aryl methyl sites for hydroxylation is 2. The van der Waals surface area contributed by atoms with Crippen LogP contribution in [0.3, 0.4) is 0 Å². The molecular formula is C26H28N2O3S2. The van der Waals surface area contributed by atoms with Crippen molar-refractivity contribution in [3.8, 4) is 17.2 Å². The topological polar surface area (TPSA) is 53.4 Å². The normalized spacial score (nSPS) is 11.1. The van der Waals surface area contributed by atoms with Crippen molar-refractivity contribution in [3.05, 3.63) is 75.4 Å². The zero-order chi connectivity index (χ0) is 23.2. The van der Waals surface area contributed by atoms with Gasteiger partial charge in [-0.2, -0.15) is 0 Å². The molecule has 0 spiro atoms. The van der Waals surface area contributed by atoms with Gasteiger partial charge in [-0.15, -0.1) is 11.3 Å². The van der Waals surface area contributed by atoms with Gasteiger partial charge in [-0.3, -0.25) is 9.36 Å². The van der Waals surface area contributed by atoms with Crippen LogP contribution in [-0.4, -0.2) is 28.5 Å². The summed E-state index contributed by atoms with van der Waals surface area (Å²) in [5.41, 5.74) is 1.82. The van der Waals surface area contributed by atoms with Crippen LogP contribution >= 0.6 is 23.1 Å². The third kappa shape index (κ3) is 5.25. The maximum absolute atomic E-state index is 13.7. The van der Waals surface area contributed by atoms with Crippen molar-refractivity contribution >= 4 is 33.3 Å². The minimum absolute atomic E-state index is 0.0215. The van der Waals surface area contributed by atoms with Crippen LogP contribution in [0.1, 0.15) is 30.7 Å². The summed E-state index contributed by atoms with van der Waals surface area (Å²) in [5, 5.41) is 1.40. The number of ether oxygens (including phenoxy) is 2. The monoisotopic (exact) mass is 480 g/mol. The summed E-state index contributed by atoms with van der Waals surface area (Å²) in [4.78, 5) is 20.7. The lowest BCUT2D eigenvalue weighted by Gasteiger charge is -2.13. The Balaban J connectivity index is 1.69. The molecular weight excluding hydrogens is 452 g/mol. The number of thiophene rings is 1. The Kier molecular flexibility index (Phi) is 7.73. The summed E-state index contributed by atoms with van der Waals surface area (Å²) in [6.07, 6.45) is 2.00. The van der Waals surface area contributed by atoms with E-state index in [1.54, 1.807) is 15.9 Å². The number of aromatic nitrogens is 2. The van der Waals surface area contributed by atoms with Gasteiger partial charge in [0.1, 0.15) is 16.3 Å². The van der Waals surface area contributed by atoms with E-state index < -0.39 is 0 Å². The molecule has 0 aliphatic carbocycles. The molecule has 5 nitrogen and oxygen atoms in total. The van der Waals surface area contributed by atoms with Crippen LogP contribution < -0.4 is 15.0 Å². The second-order valence-electron chi connectivity index (χ2n) is 7.55. The lowest BCUT2D eigenvalue weighted by Crippen LogP contribution is -2.22. The molecule has 0 aliphatic heterocycles. The molecule has 33 heavy (non-hydrogen) atoms. The summed E-state index contributed by atoms with van der Waals surface area (Å²) in [5.74, 6) is 2.30. The highest BCUT2D eigenvalue weighted by Crippen LogP contribution is 2.31. The minimum atomic E-state index is -0.0215. The fourth-order valence-electron chi connectivity index (χ4n) is 3.67. The van der Waals surface area contributed by atoms with E-state index in [1.165, 1.54) is 16.6 Å². The molecule has 0 unspecified atom stereocenters. The second-order valence-corrected chi connectivity index (χ2v) is 9.70. The molecule has 0 N–H and O–H groups in total. The highest BCUT2D eigenvalue weighted by atomic mass is 32.2. The van der Waals surface area contributed by atoms with Crippen LogP contribution in [0.25, 0.3) is 15.9 Å². The number of para-hydroxylation sites is 1. The Morgan fingerprint density at radius 2 is 1.73 bits per heavy atom. The Hall–Kier alpha value is -2.77. The molecule has 0 fully saturated rings. The van der Waals surface area contributed by atoms with E-state index >= 15 is 0 Å². The van der Waals surface area contributed by atoms with Gasteiger partial charge in [0.15, 0.2) is 5.16 Å². The average molecular weight is 481 g/mol. The molecule has 0 atom stereocenters. The molecule has 0 aliphatic rings. The fraction of sp³-hybridized carbons (Fsp3) is 0.308. The second kappa shape index (κ2) is 10.9. The predicted molar refractivity (Wildman–Crippen MR) is 138 cm³/mol. The van der Waals surface area contributed by atoms with Crippen molar-refractivity contribution < 1.29 is 9.47 Å². The molecule has 0 saturated carbocycles. The Morgan fingerprint density at radius 3 is 2.42 bits per heavy atom. The van der Waals surface area contributed by atoms with Crippen molar-refractivity contribution in [1.29, 1.82) is 0 Å². The molecule has 7 heteroatoms. The van der Waals surface area contributed by atoms with E-state index in [0.717, 1.165) is 45.8 Å². The molecule has 0 bridgehead atoms. The summed E-state index contributed by atoms with van der Waals surface area (Å²) in [6.45, 7) is 7.27. The molecule has 0 radical (unpaired) electrons. The minimum Gasteiger partial charge on any atom is -0.494 e. The standard InChI is InChI=1S/C26H28N2O3S2/c1-4-9-22-18(3)23-24(33-22)27-26(32-17-16-31-20-10-7-6-8-11-20)28(25(23)29)19-12-14-21(15-13-19)30-5-2/h6-8,10-15H,4-5,9,16-17H2,1-3H3. The van der Waals surface area contributed by atoms with E-state index in [2.05, 4.69) is 6.92 Å². The number of hydrogen-bond acceptors (Lipinski definition) is 6. The fourth-order valence-corrected chi connectivity index (χ4v) is 5.82. The maximum Gasteiger partial charge on any atom is 0.267 e. The lowest BCUT2D eigenvalue weighted by atomic mass is 10.1. The third-order valence-electron chi connectivity index (χ3n) is 5.24. The maximum atomic E-state index is 13.7. The van der Waals surface area contributed by atoms with Crippen molar-refractivity contribution in [3.63, 3.8) is 0 Å².